The molecule has 4 N–H and O–H groups in total. The van der Waals surface area contributed by atoms with Crippen LogP contribution in [0.25, 0.3) is 0 Å². The highest BCUT2D eigenvalue weighted by Crippen LogP contribution is 2.65. The van der Waals surface area contributed by atoms with Crippen molar-refractivity contribution in [3.05, 3.63) is 107 Å². The van der Waals surface area contributed by atoms with E-state index < -0.39 is 174 Å². The standard InChI is InChI=1S/C64H75N3O19S/c1-34-43(82-60(78)50(84-58(76)39-25-16-17-26-39)48(37-19-10-8-11-20-37)67-55(74)42(28-29-46(70)71)66-54(73)41-27-18-30-65-56(41)87-7)32-64(79)53(85-59(77)40-21-12-9-13-22-40)51-62(6,52(72)49(81-35(2)68)47(34)61(64,4)5)44(83-57(75)38-23-14-15-24-38)31-45-63(51,33-80-45)86-36(3)69/h8-13,18-22,27,30,38-39,42-45,48-51,53,79H,14-17,23-26,28-29,31-33H2,1-7H3,(H,66,73)(H,67,74)(H,70,71)/t42-,43+,44+,45-,48+,49-,50-,51+,53+,62-,63+,64-/m1/s1. The van der Waals surface area contributed by atoms with Crippen LogP contribution in [0.15, 0.2) is 95.2 Å². The number of carbonyl (C=O) groups is 10. The highest BCUT2D eigenvalue weighted by Gasteiger charge is 2.79. The Morgan fingerprint density at radius 3 is 2.01 bits per heavy atom. The van der Waals surface area contributed by atoms with Crippen molar-refractivity contribution in [1.29, 1.82) is 0 Å². The van der Waals surface area contributed by atoms with E-state index in [9.17, 15) is 48.6 Å². The Balaban J connectivity index is 1.20. The smallest absolute Gasteiger partial charge is 0.350 e. The predicted octanol–water partition coefficient (Wildman–Crippen LogP) is 6.68. The molecule has 0 spiro atoms. The zero-order valence-electron chi connectivity index (χ0n) is 49.7. The molecule has 87 heavy (non-hydrogen) atoms. The van der Waals surface area contributed by atoms with Crippen LogP contribution >= 0.6 is 11.8 Å². The lowest BCUT2D eigenvalue weighted by Crippen LogP contribution is -2.82. The second-order valence-corrected chi connectivity index (χ2v) is 25.1. The number of fused-ring (bicyclic) bond motifs is 5. The number of aromatic nitrogens is 1. The molecule has 3 aromatic rings. The number of aliphatic hydroxyl groups is 1. The van der Waals surface area contributed by atoms with Crippen molar-refractivity contribution in [2.75, 3.05) is 12.9 Å². The highest BCUT2D eigenvalue weighted by atomic mass is 32.2. The summed E-state index contributed by atoms with van der Waals surface area (Å²) in [6.07, 6.45) is -4.32. The monoisotopic (exact) mass is 1220 g/mol. The van der Waals surface area contributed by atoms with Gasteiger partial charge in [0, 0.05) is 44.7 Å². The van der Waals surface area contributed by atoms with Crippen molar-refractivity contribution < 1.29 is 91.3 Å². The van der Waals surface area contributed by atoms with E-state index in [1.165, 1.54) is 70.3 Å². The fraction of sp³-hybridized carbons (Fsp3) is 0.547. The summed E-state index contributed by atoms with van der Waals surface area (Å²) in [5.41, 5.74) is -8.19. The molecular weight excluding hydrogens is 1150 g/mol. The molecule has 2 amide bonds. The zero-order valence-corrected chi connectivity index (χ0v) is 50.6. The number of nitrogens with one attached hydrogen (secondary N) is 2. The van der Waals surface area contributed by atoms with Gasteiger partial charge in [-0.2, -0.15) is 0 Å². The molecule has 1 aromatic heterocycles. The normalized spacial score (nSPS) is 28.5. The predicted molar refractivity (Wildman–Crippen MR) is 308 cm³/mol. The minimum absolute atomic E-state index is 0.00737. The maximum atomic E-state index is 16.5. The third-order valence-corrected chi connectivity index (χ3v) is 19.5. The molecule has 2 heterocycles. The van der Waals surface area contributed by atoms with E-state index in [2.05, 4.69) is 15.6 Å². The lowest BCUT2D eigenvalue weighted by molar-refractivity contribution is -0.346. The van der Waals surface area contributed by atoms with Gasteiger partial charge in [-0.3, -0.25) is 38.4 Å². The molecule has 2 aromatic carbocycles. The van der Waals surface area contributed by atoms with Crippen LogP contribution in [0.2, 0.25) is 0 Å². The van der Waals surface area contributed by atoms with Crippen LogP contribution in [-0.4, -0.2) is 141 Å². The van der Waals surface area contributed by atoms with Crippen LogP contribution in [0, 0.1) is 28.6 Å². The molecule has 2 bridgehead atoms. The summed E-state index contributed by atoms with van der Waals surface area (Å²) >= 11 is 1.16. The van der Waals surface area contributed by atoms with Gasteiger partial charge in [0.15, 0.2) is 17.5 Å². The van der Waals surface area contributed by atoms with Gasteiger partial charge in [-0.05, 0) is 93.2 Å². The van der Waals surface area contributed by atoms with Gasteiger partial charge in [0.1, 0.15) is 47.1 Å². The summed E-state index contributed by atoms with van der Waals surface area (Å²) in [6.45, 7) is 7.84. The molecule has 4 saturated carbocycles. The molecule has 6 aliphatic rings. The number of aliphatic carboxylic acids is 1. The topological polar surface area (TPSA) is 313 Å². The number of rotatable bonds is 20. The van der Waals surface area contributed by atoms with Crippen LogP contribution in [0.3, 0.4) is 0 Å². The summed E-state index contributed by atoms with van der Waals surface area (Å²) < 4.78 is 44.5. The first-order valence-electron chi connectivity index (χ1n) is 29.6. The van der Waals surface area contributed by atoms with E-state index in [1.807, 2.05) is 0 Å². The molecule has 1 aliphatic heterocycles. The largest absolute Gasteiger partial charge is 0.481 e. The van der Waals surface area contributed by atoms with Crippen LogP contribution in [-0.2, 0) is 71.5 Å². The number of carboxylic acid groups (broad SMARTS) is 1. The number of hydrogen-bond acceptors (Lipinski definition) is 20. The molecule has 12 atom stereocenters. The Morgan fingerprint density at radius 2 is 1.43 bits per heavy atom. The van der Waals surface area contributed by atoms with Gasteiger partial charge < -0.3 is 54.0 Å². The molecule has 22 nitrogen and oxygen atoms in total. The first-order chi connectivity index (χ1) is 41.4. The van der Waals surface area contributed by atoms with Crippen molar-refractivity contribution in [3.63, 3.8) is 0 Å². The summed E-state index contributed by atoms with van der Waals surface area (Å²) in [5, 5.41) is 29.9. The lowest BCUT2D eigenvalue weighted by Gasteiger charge is -2.67. The number of pyridine rings is 1. The number of nitrogens with zero attached hydrogens (tertiary/aromatic N) is 1. The van der Waals surface area contributed by atoms with Crippen LogP contribution in [0.1, 0.15) is 151 Å². The van der Waals surface area contributed by atoms with Gasteiger partial charge in [0.05, 0.1) is 40.9 Å². The molecule has 0 unspecified atom stereocenters. The van der Waals surface area contributed by atoms with Gasteiger partial charge in [-0.15, -0.1) is 11.8 Å². The maximum Gasteiger partial charge on any atom is 0.350 e. The highest BCUT2D eigenvalue weighted by molar-refractivity contribution is 7.98. The second-order valence-electron chi connectivity index (χ2n) is 24.3. The van der Waals surface area contributed by atoms with E-state index in [0.717, 1.165) is 38.5 Å². The van der Waals surface area contributed by atoms with Gasteiger partial charge in [0.2, 0.25) is 12.0 Å². The summed E-state index contributed by atoms with van der Waals surface area (Å²) in [4.78, 5) is 148. The Bertz CT molecular complexity index is 3200. The molecule has 466 valence electrons. The maximum absolute atomic E-state index is 16.5. The summed E-state index contributed by atoms with van der Waals surface area (Å²) in [7, 11) is 0. The first-order valence-corrected chi connectivity index (χ1v) is 30.8. The Labute approximate surface area is 507 Å². The number of ketones is 1. The third kappa shape index (κ3) is 12.5. The summed E-state index contributed by atoms with van der Waals surface area (Å²) in [5.74, 6) is -12.3. The fourth-order valence-corrected chi connectivity index (χ4v) is 14.7. The fourth-order valence-electron chi connectivity index (χ4n) is 14.2. The Hall–Kier alpha value is -7.50. The molecule has 5 fully saturated rings. The van der Waals surface area contributed by atoms with Crippen molar-refractivity contribution >= 4 is 71.1 Å². The number of esters is 6. The van der Waals surface area contributed by atoms with E-state index in [4.69, 9.17) is 33.2 Å². The number of thioether (sulfide) groups is 1. The van der Waals surface area contributed by atoms with Crippen LogP contribution < -0.4 is 10.6 Å². The van der Waals surface area contributed by atoms with Gasteiger partial charge in [-0.1, -0.05) is 88.1 Å². The van der Waals surface area contributed by atoms with E-state index in [-0.39, 0.29) is 34.3 Å². The van der Waals surface area contributed by atoms with Crippen molar-refractivity contribution in [2.24, 2.45) is 28.6 Å². The van der Waals surface area contributed by atoms with E-state index in [1.54, 1.807) is 42.7 Å². The molecular formula is C64H75N3O19S. The van der Waals surface area contributed by atoms with Crippen LogP contribution in [0.4, 0.5) is 0 Å². The molecule has 9 rings (SSSR count). The van der Waals surface area contributed by atoms with E-state index in [0.29, 0.717) is 43.6 Å². The zero-order chi connectivity index (χ0) is 62.8. The van der Waals surface area contributed by atoms with Gasteiger partial charge in [-0.25, -0.2) is 14.6 Å². The number of ether oxygens (including phenoxy) is 7. The number of benzene rings is 2. The third-order valence-electron chi connectivity index (χ3n) is 18.8. The quantitative estimate of drug-likeness (QED) is 0.0396. The average Bonchev–Trinajstić information content (AvgIpc) is 0.772. The minimum atomic E-state index is -2.57. The molecule has 5 aliphatic carbocycles. The van der Waals surface area contributed by atoms with E-state index >= 15 is 9.59 Å². The number of amides is 2. The van der Waals surface area contributed by atoms with Gasteiger partial charge >= 0.3 is 41.8 Å². The number of hydrogen-bond donors (Lipinski definition) is 4. The molecule has 0 radical (unpaired) electrons. The van der Waals surface area contributed by atoms with Gasteiger partial charge in [0.25, 0.3) is 5.91 Å². The minimum Gasteiger partial charge on any atom is -0.481 e. The molecule has 1 saturated heterocycles. The van der Waals surface area contributed by atoms with Crippen molar-refractivity contribution in [2.45, 2.75) is 184 Å². The van der Waals surface area contributed by atoms with Crippen molar-refractivity contribution in [1.82, 2.24) is 15.6 Å². The second kappa shape index (κ2) is 26.1. The average molecular weight is 1220 g/mol. The Morgan fingerprint density at radius 1 is 0.793 bits per heavy atom. The Kier molecular flexibility index (Phi) is 19.2. The SMILES string of the molecule is CSc1ncccc1C(=O)N[C@H](CCC(=O)O)C(=O)N[C@@H](c1ccccc1)[C@@H](OC(=O)C1CCCC1)C(=O)O[C@H]1C[C@@]2(O)[C@@H](OC(=O)c3ccccc3)[C@@H]3[C@]4(OC(C)=O)CO[C@@H]4C[C@H](OC(=O)C4CCCC4)[C@@]3(C)C(=O)[C@H](OC(C)=O)C(=C1C)C2(C)C. The lowest BCUT2D eigenvalue weighted by atomic mass is 9.44. The molecule has 23 heteroatoms. The number of carbonyl (C=O) groups excluding carboxylic acids is 9. The first kappa shape index (κ1) is 64.0. The summed E-state index contributed by atoms with van der Waals surface area (Å²) in [6, 6.07) is 15.5. The number of carboxylic acids is 1. The van der Waals surface area contributed by atoms with Crippen LogP contribution in [0.5, 0.6) is 0 Å². The van der Waals surface area contributed by atoms with Crippen molar-refractivity contribution in [3.8, 4) is 0 Å². The number of Topliss-reactive ketones (excluding diaryl/α,β-unsaturated/α-hetero) is 1.